The fourth-order valence-electron chi connectivity index (χ4n) is 2.19. The quantitative estimate of drug-likeness (QED) is 0.859. The van der Waals surface area contributed by atoms with Crippen molar-refractivity contribution in [3.8, 4) is 0 Å². The predicted molar refractivity (Wildman–Crippen MR) is 70.5 cm³/mol. The number of hydrogen-bond donors (Lipinski definition) is 1. The Kier molecular flexibility index (Phi) is 2.86. The summed E-state index contributed by atoms with van der Waals surface area (Å²) in [6, 6.07) is 17.0. The van der Waals surface area contributed by atoms with Crippen LogP contribution in [0.25, 0.3) is 0 Å². The van der Waals surface area contributed by atoms with Gasteiger partial charge in [0.2, 0.25) is 0 Å². The van der Waals surface area contributed by atoms with Gasteiger partial charge in [0, 0.05) is 5.02 Å². The van der Waals surface area contributed by atoms with Gasteiger partial charge in [0.25, 0.3) is 0 Å². The number of hydrogen-bond acceptors (Lipinski definition) is 2. The highest BCUT2D eigenvalue weighted by Crippen LogP contribution is 2.48. The van der Waals surface area contributed by atoms with E-state index in [1.54, 1.807) is 12.1 Å². The molecule has 2 atom stereocenters. The molecule has 1 saturated heterocycles. The molecule has 92 valence electrons. The Balaban J connectivity index is 1.93. The van der Waals surface area contributed by atoms with E-state index in [1.165, 1.54) is 0 Å². The number of aliphatic hydroxyl groups excluding tert-OH is 1. The molecule has 1 fully saturated rings. The number of aliphatic hydroxyl groups is 1. The molecule has 0 aliphatic carbocycles. The van der Waals surface area contributed by atoms with Crippen molar-refractivity contribution in [1.29, 1.82) is 0 Å². The van der Waals surface area contributed by atoms with Crippen molar-refractivity contribution in [3.05, 3.63) is 70.7 Å². The third-order valence-electron chi connectivity index (χ3n) is 3.35. The van der Waals surface area contributed by atoms with Gasteiger partial charge in [0.1, 0.15) is 11.7 Å². The van der Waals surface area contributed by atoms with Crippen LogP contribution in [0.5, 0.6) is 0 Å². The average molecular weight is 261 g/mol. The lowest BCUT2D eigenvalue weighted by Gasteiger charge is -2.20. The van der Waals surface area contributed by atoms with E-state index in [0.29, 0.717) is 11.6 Å². The molecule has 3 rings (SSSR count). The standard InChI is InChI=1S/C15H13ClO2/c16-13-8-6-11(7-9-13)14(17)15(10-18-15)12-4-2-1-3-5-12/h1-9,14,17H,10H2/t14-,15-/m0/s1. The number of epoxide rings is 1. The van der Waals surface area contributed by atoms with Gasteiger partial charge in [-0.25, -0.2) is 0 Å². The second-order valence-electron chi connectivity index (χ2n) is 4.50. The van der Waals surface area contributed by atoms with Crippen LogP contribution in [-0.4, -0.2) is 11.7 Å². The van der Waals surface area contributed by atoms with Gasteiger partial charge in [-0.1, -0.05) is 54.1 Å². The zero-order chi connectivity index (χ0) is 12.6. The summed E-state index contributed by atoms with van der Waals surface area (Å²) < 4.78 is 5.55. The predicted octanol–water partition coefficient (Wildman–Crippen LogP) is 3.30. The van der Waals surface area contributed by atoms with Crippen LogP contribution in [0.15, 0.2) is 54.6 Å². The van der Waals surface area contributed by atoms with Crippen LogP contribution in [0.1, 0.15) is 17.2 Å². The lowest BCUT2D eigenvalue weighted by atomic mass is 9.89. The zero-order valence-corrected chi connectivity index (χ0v) is 10.5. The van der Waals surface area contributed by atoms with Gasteiger partial charge >= 0.3 is 0 Å². The van der Waals surface area contributed by atoms with Crippen LogP contribution in [0.4, 0.5) is 0 Å². The van der Waals surface area contributed by atoms with Crippen molar-refractivity contribution < 1.29 is 9.84 Å². The summed E-state index contributed by atoms with van der Waals surface area (Å²) in [5, 5.41) is 11.2. The van der Waals surface area contributed by atoms with E-state index >= 15 is 0 Å². The summed E-state index contributed by atoms with van der Waals surface area (Å²) in [6.45, 7) is 0.542. The van der Waals surface area contributed by atoms with Crippen LogP contribution in [-0.2, 0) is 10.3 Å². The normalized spacial score (nSPS) is 23.7. The lowest BCUT2D eigenvalue weighted by Crippen LogP contribution is -2.20. The second kappa shape index (κ2) is 4.39. The Morgan fingerprint density at radius 3 is 2.22 bits per heavy atom. The van der Waals surface area contributed by atoms with E-state index in [-0.39, 0.29) is 0 Å². The van der Waals surface area contributed by atoms with Crippen LogP contribution in [0.2, 0.25) is 5.02 Å². The third-order valence-corrected chi connectivity index (χ3v) is 3.60. The molecule has 2 aromatic rings. The molecular weight excluding hydrogens is 248 g/mol. The minimum absolute atomic E-state index is 0.542. The minimum Gasteiger partial charge on any atom is -0.385 e. The molecule has 0 radical (unpaired) electrons. The molecule has 0 amide bonds. The topological polar surface area (TPSA) is 32.8 Å². The Morgan fingerprint density at radius 1 is 1.06 bits per heavy atom. The largest absolute Gasteiger partial charge is 0.385 e. The van der Waals surface area contributed by atoms with Crippen molar-refractivity contribution in [2.75, 3.05) is 6.61 Å². The maximum absolute atomic E-state index is 10.5. The monoisotopic (exact) mass is 260 g/mol. The van der Waals surface area contributed by atoms with Crippen molar-refractivity contribution in [2.24, 2.45) is 0 Å². The van der Waals surface area contributed by atoms with Gasteiger partial charge in [-0.15, -0.1) is 0 Å². The van der Waals surface area contributed by atoms with Gasteiger partial charge in [0.05, 0.1) is 6.61 Å². The summed E-state index contributed by atoms with van der Waals surface area (Å²) in [5.74, 6) is 0. The van der Waals surface area contributed by atoms with Crippen LogP contribution in [0.3, 0.4) is 0 Å². The van der Waals surface area contributed by atoms with E-state index in [0.717, 1.165) is 11.1 Å². The van der Waals surface area contributed by atoms with Crippen molar-refractivity contribution in [3.63, 3.8) is 0 Å². The van der Waals surface area contributed by atoms with E-state index in [9.17, 15) is 5.11 Å². The maximum atomic E-state index is 10.5. The fraction of sp³-hybridized carbons (Fsp3) is 0.200. The lowest BCUT2D eigenvalue weighted by molar-refractivity contribution is 0.0730. The van der Waals surface area contributed by atoms with Crippen LogP contribution < -0.4 is 0 Å². The van der Waals surface area contributed by atoms with E-state index < -0.39 is 11.7 Å². The SMILES string of the molecule is O[C@@H](c1ccc(Cl)cc1)[C@@]1(c2ccccc2)CO1. The number of halogens is 1. The van der Waals surface area contributed by atoms with Gasteiger partial charge in [-0.2, -0.15) is 0 Å². The summed E-state index contributed by atoms with van der Waals surface area (Å²) >= 11 is 5.85. The van der Waals surface area contributed by atoms with Gasteiger partial charge < -0.3 is 9.84 Å². The van der Waals surface area contributed by atoms with E-state index in [4.69, 9.17) is 16.3 Å². The molecule has 0 unspecified atom stereocenters. The molecule has 1 aliphatic heterocycles. The molecule has 0 saturated carbocycles. The van der Waals surface area contributed by atoms with E-state index in [2.05, 4.69) is 0 Å². The van der Waals surface area contributed by atoms with Gasteiger partial charge in [-0.3, -0.25) is 0 Å². The molecule has 18 heavy (non-hydrogen) atoms. The smallest absolute Gasteiger partial charge is 0.146 e. The highest BCUT2D eigenvalue weighted by Gasteiger charge is 2.53. The first kappa shape index (κ1) is 11.7. The summed E-state index contributed by atoms with van der Waals surface area (Å²) in [4.78, 5) is 0. The highest BCUT2D eigenvalue weighted by molar-refractivity contribution is 6.30. The molecule has 1 N–H and O–H groups in total. The first-order valence-electron chi connectivity index (χ1n) is 5.85. The molecular formula is C15H13ClO2. The second-order valence-corrected chi connectivity index (χ2v) is 4.93. The van der Waals surface area contributed by atoms with Crippen molar-refractivity contribution >= 4 is 11.6 Å². The molecule has 0 spiro atoms. The number of ether oxygens (including phenoxy) is 1. The van der Waals surface area contributed by atoms with Gasteiger partial charge in [-0.05, 0) is 23.3 Å². The fourth-order valence-corrected chi connectivity index (χ4v) is 2.32. The zero-order valence-electron chi connectivity index (χ0n) is 9.71. The molecule has 1 aliphatic rings. The Hall–Kier alpha value is -1.35. The van der Waals surface area contributed by atoms with Crippen LogP contribution >= 0.6 is 11.6 Å². The summed E-state index contributed by atoms with van der Waals surface area (Å²) in [5.41, 5.74) is 1.24. The molecule has 2 aromatic carbocycles. The molecule has 0 aromatic heterocycles. The Morgan fingerprint density at radius 2 is 1.67 bits per heavy atom. The third kappa shape index (κ3) is 1.93. The Labute approximate surface area is 111 Å². The van der Waals surface area contributed by atoms with Gasteiger partial charge in [0.15, 0.2) is 0 Å². The van der Waals surface area contributed by atoms with Crippen molar-refractivity contribution in [2.45, 2.75) is 11.7 Å². The number of benzene rings is 2. The van der Waals surface area contributed by atoms with Crippen molar-refractivity contribution in [1.82, 2.24) is 0 Å². The molecule has 0 bridgehead atoms. The molecule has 2 nitrogen and oxygen atoms in total. The maximum Gasteiger partial charge on any atom is 0.146 e. The first-order chi connectivity index (χ1) is 8.72. The van der Waals surface area contributed by atoms with E-state index in [1.807, 2.05) is 42.5 Å². The Bertz CT molecular complexity index is 532. The highest BCUT2D eigenvalue weighted by atomic mass is 35.5. The molecule has 1 heterocycles. The first-order valence-corrected chi connectivity index (χ1v) is 6.23. The summed E-state index contributed by atoms with van der Waals surface area (Å²) in [6.07, 6.45) is -0.669. The average Bonchev–Trinajstić information content (AvgIpc) is 3.21. The minimum atomic E-state index is -0.669. The van der Waals surface area contributed by atoms with Crippen LogP contribution in [0, 0.1) is 0 Å². The molecule has 3 heteroatoms. The summed E-state index contributed by atoms with van der Waals surface area (Å²) in [7, 11) is 0. The number of rotatable bonds is 3.